The van der Waals surface area contributed by atoms with E-state index in [2.05, 4.69) is 44.4 Å². The second-order valence-corrected chi connectivity index (χ2v) is 14.4. The van der Waals surface area contributed by atoms with E-state index >= 15 is 0 Å². The number of ether oxygens (including phenoxy) is 2. The van der Waals surface area contributed by atoms with E-state index in [9.17, 15) is 4.79 Å². The Bertz CT molecular complexity index is 660. The summed E-state index contributed by atoms with van der Waals surface area (Å²) in [5.41, 5.74) is 2.07. The highest BCUT2D eigenvalue weighted by atomic mass is 28.3. The molecule has 2 rings (SSSR count). The van der Waals surface area contributed by atoms with Crippen LogP contribution in [0, 0.1) is 11.8 Å². The van der Waals surface area contributed by atoms with Gasteiger partial charge in [0.15, 0.2) is 0 Å². The van der Waals surface area contributed by atoms with Crippen LogP contribution in [0.15, 0.2) is 54.6 Å². The zero-order chi connectivity index (χ0) is 20.6. The van der Waals surface area contributed by atoms with Crippen LogP contribution in [0.4, 0.5) is 0 Å². The van der Waals surface area contributed by atoms with E-state index in [1.54, 1.807) is 0 Å². The van der Waals surface area contributed by atoms with Crippen LogP contribution >= 0.6 is 0 Å². The number of hydrogen-bond acceptors (Lipinski definition) is 3. The van der Waals surface area contributed by atoms with Crippen LogP contribution in [0.2, 0.25) is 25.7 Å². The first-order valence-corrected chi connectivity index (χ1v) is 14.2. The first-order chi connectivity index (χ1) is 13.3. The number of carbonyl (C=O) groups is 1. The summed E-state index contributed by atoms with van der Waals surface area (Å²) in [6.45, 7) is 13.9. The Labute approximate surface area is 171 Å². The normalized spacial score (nSPS) is 23.3. The number of esters is 1. The molecule has 0 unspecified atom stereocenters. The van der Waals surface area contributed by atoms with Crippen molar-refractivity contribution < 1.29 is 14.3 Å². The van der Waals surface area contributed by atoms with Crippen molar-refractivity contribution in [2.75, 3.05) is 6.61 Å². The zero-order valence-electron chi connectivity index (χ0n) is 17.9. The number of hydrogen-bond donors (Lipinski definition) is 0. The molecule has 1 aliphatic rings. The summed E-state index contributed by atoms with van der Waals surface area (Å²) < 4.78 is 11.5. The summed E-state index contributed by atoms with van der Waals surface area (Å²) in [6.07, 6.45) is 7.47. The molecule has 1 aromatic carbocycles. The molecule has 0 amide bonds. The maximum Gasteiger partial charge on any atom is 0.333 e. The number of allylic oxidation sites excluding steroid dienone is 2. The first kappa shape index (κ1) is 22.6. The van der Waals surface area contributed by atoms with Gasteiger partial charge in [-0.15, -0.1) is 6.58 Å². The van der Waals surface area contributed by atoms with E-state index in [-0.39, 0.29) is 12.1 Å². The van der Waals surface area contributed by atoms with E-state index in [4.69, 9.17) is 9.47 Å². The summed E-state index contributed by atoms with van der Waals surface area (Å²) in [6, 6.07) is 11.2. The summed E-state index contributed by atoms with van der Waals surface area (Å²) in [7, 11) is -1.41. The third-order valence-corrected chi connectivity index (χ3v) is 6.65. The minimum atomic E-state index is -1.41. The standard InChI is InChI=1S/C24H36O3Si/c1-6-20-16-23(27-17-19-11-9-8-10-12-19)14-13-21(20)15-22(18-28(3,4)5)24(25)26-7-2/h6,8-12,15,20-21,23H,1,7,13-14,16-18H2,2-5H3/b22-15-/t20-,21+,23+/m1/s1. The number of rotatable bonds is 9. The molecule has 1 saturated carbocycles. The lowest BCUT2D eigenvalue weighted by Gasteiger charge is -2.33. The fourth-order valence-electron chi connectivity index (χ4n) is 3.86. The van der Waals surface area contributed by atoms with E-state index in [0.717, 1.165) is 30.9 Å². The van der Waals surface area contributed by atoms with Crippen LogP contribution in [0.5, 0.6) is 0 Å². The SMILES string of the molecule is C=C[C@@H]1C[C@@H](OCc2ccccc2)CC[C@H]1/C=C(/C[Si](C)(C)C)C(=O)OCC. The van der Waals surface area contributed by atoms with Crippen molar-refractivity contribution in [3.8, 4) is 0 Å². The lowest BCUT2D eigenvalue weighted by molar-refractivity contribution is -0.138. The van der Waals surface area contributed by atoms with Gasteiger partial charge in [0.25, 0.3) is 0 Å². The molecule has 1 aromatic rings. The highest BCUT2D eigenvalue weighted by Gasteiger charge is 2.30. The van der Waals surface area contributed by atoms with Crippen LogP contribution in [-0.4, -0.2) is 26.8 Å². The molecule has 3 nitrogen and oxygen atoms in total. The second kappa shape index (κ2) is 10.8. The Balaban J connectivity index is 2.03. The van der Waals surface area contributed by atoms with E-state index in [1.165, 1.54) is 5.56 Å². The molecule has 0 heterocycles. The number of carbonyl (C=O) groups excluding carboxylic acids is 1. The highest BCUT2D eigenvalue weighted by molar-refractivity contribution is 6.77. The van der Waals surface area contributed by atoms with Crippen molar-refractivity contribution in [2.45, 2.75) is 64.6 Å². The van der Waals surface area contributed by atoms with Gasteiger partial charge in [0, 0.05) is 13.6 Å². The quantitative estimate of drug-likeness (QED) is 0.221. The topological polar surface area (TPSA) is 35.5 Å². The average Bonchev–Trinajstić information content (AvgIpc) is 2.66. The van der Waals surface area contributed by atoms with Crippen molar-refractivity contribution >= 4 is 14.0 Å². The summed E-state index contributed by atoms with van der Waals surface area (Å²) >= 11 is 0. The Morgan fingerprint density at radius 3 is 2.50 bits per heavy atom. The molecule has 0 spiro atoms. The Morgan fingerprint density at radius 2 is 1.89 bits per heavy atom. The predicted octanol–water partition coefficient (Wildman–Crippen LogP) is 6.00. The van der Waals surface area contributed by atoms with Gasteiger partial charge >= 0.3 is 5.97 Å². The van der Waals surface area contributed by atoms with Gasteiger partial charge in [0.05, 0.1) is 19.3 Å². The summed E-state index contributed by atoms with van der Waals surface area (Å²) in [5.74, 6) is 0.528. The van der Waals surface area contributed by atoms with Gasteiger partial charge in [-0.1, -0.05) is 62.1 Å². The van der Waals surface area contributed by atoms with Gasteiger partial charge in [0.2, 0.25) is 0 Å². The van der Waals surface area contributed by atoms with Crippen molar-refractivity contribution in [3.63, 3.8) is 0 Å². The molecule has 154 valence electrons. The maximum atomic E-state index is 12.5. The molecule has 0 bridgehead atoms. The van der Waals surface area contributed by atoms with Crippen LogP contribution in [0.25, 0.3) is 0 Å². The van der Waals surface area contributed by atoms with E-state index in [1.807, 2.05) is 31.2 Å². The van der Waals surface area contributed by atoms with Gasteiger partial charge in [-0.25, -0.2) is 4.79 Å². The smallest absolute Gasteiger partial charge is 0.333 e. The zero-order valence-corrected chi connectivity index (χ0v) is 18.9. The molecule has 0 N–H and O–H groups in total. The molecule has 1 fully saturated rings. The average molecular weight is 401 g/mol. The van der Waals surface area contributed by atoms with Gasteiger partial charge in [-0.2, -0.15) is 0 Å². The van der Waals surface area contributed by atoms with Crippen molar-refractivity contribution in [3.05, 3.63) is 60.2 Å². The van der Waals surface area contributed by atoms with Gasteiger partial charge in [-0.3, -0.25) is 0 Å². The predicted molar refractivity (Wildman–Crippen MR) is 119 cm³/mol. The fraction of sp³-hybridized carbons (Fsp3) is 0.542. The monoisotopic (exact) mass is 400 g/mol. The highest BCUT2D eigenvalue weighted by Crippen LogP contribution is 2.35. The maximum absolute atomic E-state index is 12.5. The Hall–Kier alpha value is -1.65. The van der Waals surface area contributed by atoms with Crippen LogP contribution in [0.1, 0.15) is 31.7 Å². The van der Waals surface area contributed by atoms with Crippen molar-refractivity contribution in [2.24, 2.45) is 11.8 Å². The largest absolute Gasteiger partial charge is 0.463 e. The lowest BCUT2D eigenvalue weighted by Crippen LogP contribution is -2.29. The molecular weight excluding hydrogens is 364 g/mol. The molecule has 0 radical (unpaired) electrons. The minimum Gasteiger partial charge on any atom is -0.463 e. The summed E-state index contributed by atoms with van der Waals surface area (Å²) in [4.78, 5) is 12.5. The van der Waals surface area contributed by atoms with Crippen LogP contribution in [0.3, 0.4) is 0 Å². The molecule has 0 aromatic heterocycles. The van der Waals surface area contributed by atoms with E-state index in [0.29, 0.717) is 25.0 Å². The molecule has 1 aliphatic carbocycles. The third kappa shape index (κ3) is 7.40. The molecular formula is C24H36O3Si. The summed E-state index contributed by atoms with van der Waals surface area (Å²) in [5, 5.41) is 0. The Morgan fingerprint density at radius 1 is 1.18 bits per heavy atom. The van der Waals surface area contributed by atoms with Gasteiger partial charge in [0.1, 0.15) is 0 Å². The minimum absolute atomic E-state index is 0.143. The van der Waals surface area contributed by atoms with Gasteiger partial charge in [-0.05, 0) is 49.6 Å². The molecule has 28 heavy (non-hydrogen) atoms. The number of benzene rings is 1. The van der Waals surface area contributed by atoms with Gasteiger partial charge < -0.3 is 9.47 Å². The second-order valence-electron chi connectivity index (χ2n) is 8.94. The van der Waals surface area contributed by atoms with Crippen molar-refractivity contribution in [1.82, 2.24) is 0 Å². The van der Waals surface area contributed by atoms with Crippen molar-refractivity contribution in [1.29, 1.82) is 0 Å². The van der Waals surface area contributed by atoms with E-state index < -0.39 is 8.07 Å². The molecule has 0 aliphatic heterocycles. The lowest BCUT2D eigenvalue weighted by atomic mass is 9.77. The third-order valence-electron chi connectivity index (χ3n) is 5.21. The van der Waals surface area contributed by atoms with Crippen LogP contribution < -0.4 is 0 Å². The van der Waals surface area contributed by atoms with Crippen LogP contribution in [-0.2, 0) is 20.9 Å². The first-order valence-electron chi connectivity index (χ1n) is 10.5. The fourth-order valence-corrected chi connectivity index (χ4v) is 5.26. The molecule has 0 saturated heterocycles. The molecule has 4 heteroatoms. The Kier molecular flexibility index (Phi) is 8.71. The molecule has 3 atom stereocenters.